The maximum absolute atomic E-state index is 12.4. The molecule has 0 aliphatic carbocycles. The molecule has 138 valence electrons. The van der Waals surface area contributed by atoms with E-state index < -0.39 is 36.1 Å². The molecule has 1 heterocycles. The number of hydrogen-bond donors (Lipinski definition) is 5. The highest BCUT2D eigenvalue weighted by Crippen LogP contribution is 2.03. The van der Waals surface area contributed by atoms with Crippen molar-refractivity contribution in [3.05, 3.63) is 0 Å². The second-order valence-electron chi connectivity index (χ2n) is 5.75. The first-order chi connectivity index (χ1) is 11.4. The van der Waals surface area contributed by atoms with E-state index in [2.05, 4.69) is 16.0 Å². The number of aliphatic hydroxyl groups excluding tert-OH is 1. The van der Waals surface area contributed by atoms with Crippen molar-refractivity contribution in [3.8, 4) is 0 Å². The van der Waals surface area contributed by atoms with Gasteiger partial charge in [0.25, 0.3) is 5.91 Å². The standard InChI is InChI=1S/C15H28N4O5/c1-3-11(21)10(4-5-16)18-15(23)13(9(2)20)19-14(22)12-8-17-6-7-24-12/h9-10,12-13,17,20H,3-8,16H2,1-2H3,(H,18,23)(H,19,22)/t9?,10-,12-,13-/m0/s1. The number of rotatable bonds is 9. The summed E-state index contributed by atoms with van der Waals surface area (Å²) in [6.07, 6.45) is -1.28. The zero-order chi connectivity index (χ0) is 18.1. The molecule has 0 aromatic carbocycles. The third-order valence-corrected chi connectivity index (χ3v) is 3.79. The fourth-order valence-electron chi connectivity index (χ4n) is 2.37. The fraction of sp³-hybridized carbons (Fsp3) is 0.800. The molecule has 0 radical (unpaired) electrons. The minimum atomic E-state index is -1.17. The summed E-state index contributed by atoms with van der Waals surface area (Å²) in [4.78, 5) is 36.4. The summed E-state index contributed by atoms with van der Waals surface area (Å²) in [5.74, 6) is -1.26. The predicted octanol–water partition coefficient (Wildman–Crippen LogP) is -2.35. The molecule has 1 unspecified atom stereocenters. The first kappa shape index (κ1) is 20.5. The summed E-state index contributed by atoms with van der Waals surface area (Å²) in [6.45, 7) is 4.72. The molecule has 6 N–H and O–H groups in total. The summed E-state index contributed by atoms with van der Waals surface area (Å²) in [6, 6.07) is -1.90. The molecule has 0 spiro atoms. The van der Waals surface area contributed by atoms with Crippen LogP contribution < -0.4 is 21.7 Å². The molecular weight excluding hydrogens is 316 g/mol. The number of amides is 2. The number of aliphatic hydroxyl groups is 1. The van der Waals surface area contributed by atoms with Crippen molar-refractivity contribution in [1.29, 1.82) is 0 Å². The quantitative estimate of drug-likeness (QED) is 0.315. The lowest BCUT2D eigenvalue weighted by Gasteiger charge is -2.27. The average Bonchev–Trinajstić information content (AvgIpc) is 2.58. The van der Waals surface area contributed by atoms with E-state index in [-0.39, 0.29) is 18.7 Å². The van der Waals surface area contributed by atoms with E-state index in [0.29, 0.717) is 26.1 Å². The largest absolute Gasteiger partial charge is 0.391 e. The van der Waals surface area contributed by atoms with Crippen molar-refractivity contribution in [1.82, 2.24) is 16.0 Å². The molecule has 0 bridgehead atoms. The summed E-state index contributed by atoms with van der Waals surface area (Å²) in [5.41, 5.74) is 5.47. The van der Waals surface area contributed by atoms with Crippen LogP contribution in [0.2, 0.25) is 0 Å². The van der Waals surface area contributed by atoms with Crippen LogP contribution in [-0.2, 0) is 19.1 Å². The SMILES string of the molecule is CCC(=O)[C@H](CCN)NC(=O)[C@@H](NC(=O)[C@@H]1CNCCO1)C(C)O. The first-order valence-electron chi connectivity index (χ1n) is 8.24. The Labute approximate surface area is 141 Å². The van der Waals surface area contributed by atoms with Gasteiger partial charge in [-0.05, 0) is 19.9 Å². The number of Topliss-reactive ketones (excluding diaryl/α,β-unsaturated/α-hetero) is 1. The number of carbonyl (C=O) groups excluding carboxylic acids is 3. The van der Waals surface area contributed by atoms with Gasteiger partial charge in [0.15, 0.2) is 5.78 Å². The van der Waals surface area contributed by atoms with E-state index in [4.69, 9.17) is 10.5 Å². The number of hydrogen-bond acceptors (Lipinski definition) is 7. The normalized spacial score (nSPS) is 21.4. The van der Waals surface area contributed by atoms with Crippen LogP contribution in [-0.4, -0.2) is 73.2 Å². The summed E-state index contributed by atoms with van der Waals surface area (Å²) < 4.78 is 5.32. The van der Waals surface area contributed by atoms with Gasteiger partial charge >= 0.3 is 0 Å². The van der Waals surface area contributed by atoms with E-state index in [0.717, 1.165) is 0 Å². The predicted molar refractivity (Wildman–Crippen MR) is 87.1 cm³/mol. The van der Waals surface area contributed by atoms with Gasteiger partial charge in [-0.3, -0.25) is 14.4 Å². The van der Waals surface area contributed by atoms with Gasteiger partial charge in [0.1, 0.15) is 12.1 Å². The molecule has 1 rings (SSSR count). The summed E-state index contributed by atoms with van der Waals surface area (Å²) in [7, 11) is 0. The number of carbonyl (C=O) groups is 3. The van der Waals surface area contributed by atoms with Crippen LogP contribution >= 0.6 is 0 Å². The van der Waals surface area contributed by atoms with Crippen LogP contribution in [0.25, 0.3) is 0 Å². The average molecular weight is 344 g/mol. The van der Waals surface area contributed by atoms with Crippen LogP contribution in [0.1, 0.15) is 26.7 Å². The zero-order valence-electron chi connectivity index (χ0n) is 14.2. The maximum Gasteiger partial charge on any atom is 0.251 e. The Balaban J connectivity index is 2.69. The van der Waals surface area contributed by atoms with E-state index >= 15 is 0 Å². The molecule has 0 aromatic heterocycles. The van der Waals surface area contributed by atoms with Crippen molar-refractivity contribution in [3.63, 3.8) is 0 Å². The van der Waals surface area contributed by atoms with Crippen LogP contribution in [0.15, 0.2) is 0 Å². The van der Waals surface area contributed by atoms with E-state index in [1.54, 1.807) is 6.92 Å². The third kappa shape index (κ3) is 6.16. The highest BCUT2D eigenvalue weighted by atomic mass is 16.5. The topological polar surface area (TPSA) is 143 Å². The molecule has 1 saturated heterocycles. The van der Waals surface area contributed by atoms with Gasteiger partial charge in [0.2, 0.25) is 5.91 Å². The van der Waals surface area contributed by atoms with Gasteiger partial charge in [0.05, 0.1) is 18.8 Å². The van der Waals surface area contributed by atoms with Crippen molar-refractivity contribution < 1.29 is 24.2 Å². The van der Waals surface area contributed by atoms with E-state index in [1.807, 2.05) is 0 Å². The van der Waals surface area contributed by atoms with Gasteiger partial charge in [-0.25, -0.2) is 0 Å². The molecule has 9 nitrogen and oxygen atoms in total. The Kier molecular flexibility index (Phi) is 8.83. The fourth-order valence-corrected chi connectivity index (χ4v) is 2.37. The van der Waals surface area contributed by atoms with Gasteiger partial charge in [-0.1, -0.05) is 6.92 Å². The molecule has 1 aliphatic rings. The van der Waals surface area contributed by atoms with Crippen molar-refractivity contribution in [2.45, 2.75) is 51.0 Å². The van der Waals surface area contributed by atoms with Crippen LogP contribution in [0.4, 0.5) is 0 Å². The molecule has 24 heavy (non-hydrogen) atoms. The molecule has 0 saturated carbocycles. The van der Waals surface area contributed by atoms with E-state index in [1.165, 1.54) is 6.92 Å². The molecule has 2 amide bonds. The molecular formula is C15H28N4O5. The maximum atomic E-state index is 12.4. The highest BCUT2D eigenvalue weighted by Gasteiger charge is 2.31. The van der Waals surface area contributed by atoms with Crippen LogP contribution in [0.3, 0.4) is 0 Å². The Morgan fingerprint density at radius 3 is 2.58 bits per heavy atom. The minimum absolute atomic E-state index is 0.149. The van der Waals surface area contributed by atoms with Crippen LogP contribution in [0, 0.1) is 0 Å². The van der Waals surface area contributed by atoms with Crippen LogP contribution in [0.5, 0.6) is 0 Å². The highest BCUT2D eigenvalue weighted by molar-refractivity contribution is 5.93. The van der Waals surface area contributed by atoms with Gasteiger partial charge < -0.3 is 31.5 Å². The second-order valence-corrected chi connectivity index (χ2v) is 5.75. The van der Waals surface area contributed by atoms with Gasteiger partial charge in [-0.2, -0.15) is 0 Å². The lowest BCUT2D eigenvalue weighted by atomic mass is 10.0. The van der Waals surface area contributed by atoms with Crippen molar-refractivity contribution >= 4 is 17.6 Å². The lowest BCUT2D eigenvalue weighted by Crippen LogP contribution is -2.59. The summed E-state index contributed by atoms with van der Waals surface area (Å²) in [5, 5.41) is 17.9. The number of nitrogens with two attached hydrogens (primary N) is 1. The smallest absolute Gasteiger partial charge is 0.251 e. The second kappa shape index (κ2) is 10.3. The summed E-state index contributed by atoms with van der Waals surface area (Å²) >= 11 is 0. The number of nitrogens with one attached hydrogen (secondary N) is 3. The number of morpholine rings is 1. The number of ether oxygens (including phenoxy) is 1. The number of ketones is 1. The van der Waals surface area contributed by atoms with Gasteiger partial charge in [-0.15, -0.1) is 0 Å². The van der Waals surface area contributed by atoms with Crippen molar-refractivity contribution in [2.75, 3.05) is 26.2 Å². The Hall–Kier alpha value is -1.55. The van der Waals surface area contributed by atoms with Crippen molar-refractivity contribution in [2.24, 2.45) is 5.73 Å². The van der Waals surface area contributed by atoms with E-state index in [9.17, 15) is 19.5 Å². The molecule has 1 fully saturated rings. The molecule has 4 atom stereocenters. The minimum Gasteiger partial charge on any atom is -0.391 e. The Morgan fingerprint density at radius 1 is 1.38 bits per heavy atom. The first-order valence-corrected chi connectivity index (χ1v) is 8.24. The Bertz CT molecular complexity index is 438. The molecule has 1 aliphatic heterocycles. The monoisotopic (exact) mass is 344 g/mol. The molecule has 9 heteroatoms. The van der Waals surface area contributed by atoms with Gasteiger partial charge in [0, 0.05) is 19.5 Å². The third-order valence-electron chi connectivity index (χ3n) is 3.79. The lowest BCUT2D eigenvalue weighted by molar-refractivity contribution is -0.140. The zero-order valence-corrected chi connectivity index (χ0v) is 14.2. The Morgan fingerprint density at radius 2 is 2.08 bits per heavy atom. The molecule has 0 aromatic rings.